The second-order valence-corrected chi connectivity index (χ2v) is 23.4. The molecule has 378 valence electrons. The summed E-state index contributed by atoms with van der Waals surface area (Å²) >= 11 is 0. The molecule has 3 saturated heterocycles. The normalized spacial score (nSPS) is 31.9. The Kier molecular flexibility index (Phi) is 13.7. The minimum Gasteiger partial charge on any atom is -0.489 e. The number of carboxylic acids is 1. The Morgan fingerprint density at radius 1 is 1.00 bits per heavy atom. The molecule has 5 N–H and O–H groups in total. The molecule has 17 nitrogen and oxygen atoms in total. The lowest BCUT2D eigenvalue weighted by Crippen LogP contribution is -2.60. The molecule has 3 aliphatic carbocycles. The fourth-order valence-electron chi connectivity index (χ4n) is 10.2. The second kappa shape index (κ2) is 18.9. The molecule has 3 saturated carbocycles. The number of piperidine rings is 1. The first-order chi connectivity index (χ1) is 32.4. The molecule has 7 aliphatic rings. The number of alkyl halides is 3. The van der Waals surface area contributed by atoms with E-state index in [9.17, 15) is 40.8 Å². The summed E-state index contributed by atoms with van der Waals surface area (Å²) in [6.45, 7) is 10.9. The van der Waals surface area contributed by atoms with Crippen LogP contribution in [0.1, 0.15) is 117 Å². The average molecular weight is 989 g/mol. The van der Waals surface area contributed by atoms with Gasteiger partial charge in [0, 0.05) is 29.8 Å². The number of pyridine rings is 1. The molecule has 4 bridgehead atoms. The van der Waals surface area contributed by atoms with Crippen molar-refractivity contribution in [2.75, 3.05) is 6.54 Å². The van der Waals surface area contributed by atoms with Crippen molar-refractivity contribution in [1.82, 2.24) is 30.6 Å². The van der Waals surface area contributed by atoms with E-state index < -0.39 is 85.8 Å². The van der Waals surface area contributed by atoms with Crippen molar-refractivity contribution in [1.29, 1.82) is 0 Å². The maximum absolute atomic E-state index is 14.9. The van der Waals surface area contributed by atoms with Crippen molar-refractivity contribution < 1.29 is 64.9 Å². The van der Waals surface area contributed by atoms with Gasteiger partial charge in [0.2, 0.25) is 27.7 Å². The van der Waals surface area contributed by atoms with Crippen LogP contribution in [-0.4, -0.2) is 119 Å². The topological polar surface area (TPSA) is 232 Å². The molecule has 69 heavy (non-hydrogen) atoms. The zero-order valence-electron chi connectivity index (χ0n) is 39.4. The Morgan fingerprint density at radius 3 is 2.30 bits per heavy atom. The van der Waals surface area contributed by atoms with Crippen LogP contribution in [0.3, 0.4) is 0 Å². The summed E-state index contributed by atoms with van der Waals surface area (Å²) in [5.74, 6) is -3.86. The monoisotopic (exact) mass is 988 g/mol. The maximum Gasteiger partial charge on any atom is 0.490 e. The van der Waals surface area contributed by atoms with E-state index in [1.165, 1.54) is 11.0 Å². The van der Waals surface area contributed by atoms with Gasteiger partial charge in [-0.1, -0.05) is 51.8 Å². The number of hydrogen-bond donors (Lipinski definition) is 5. The number of ether oxygens (including phenoxy) is 3. The highest BCUT2D eigenvalue weighted by Gasteiger charge is 2.63. The van der Waals surface area contributed by atoms with Crippen LogP contribution in [-0.2, 0) is 40.4 Å². The predicted octanol–water partition coefficient (Wildman–Crippen LogP) is 5.58. The summed E-state index contributed by atoms with van der Waals surface area (Å²) in [4.78, 5) is 72.2. The van der Waals surface area contributed by atoms with E-state index in [0.717, 1.165) is 74.5 Å². The minimum atomic E-state index is -5.08. The van der Waals surface area contributed by atoms with E-state index in [2.05, 4.69) is 27.3 Å². The number of hydrogen-bond acceptors (Lipinski definition) is 12. The van der Waals surface area contributed by atoms with Gasteiger partial charge in [0.1, 0.15) is 41.7 Å². The highest BCUT2D eigenvalue weighted by molar-refractivity contribution is 7.91. The van der Waals surface area contributed by atoms with E-state index >= 15 is 0 Å². The lowest BCUT2D eigenvalue weighted by atomic mass is 9.85. The number of alkyl carbamates (subject to hydrolysis) is 1. The van der Waals surface area contributed by atoms with Crippen LogP contribution >= 0.6 is 0 Å². The summed E-state index contributed by atoms with van der Waals surface area (Å²) in [6.07, 6.45) is 5.05. The highest BCUT2D eigenvalue weighted by Crippen LogP contribution is 2.48. The van der Waals surface area contributed by atoms with Gasteiger partial charge in [0.05, 0.1) is 22.4 Å². The lowest BCUT2D eigenvalue weighted by molar-refractivity contribution is -0.192. The number of para-hydroxylation sites is 1. The Labute approximate surface area is 399 Å². The van der Waals surface area contributed by atoms with E-state index in [1.54, 1.807) is 6.92 Å². The number of carbonyl (C=O) groups excluding carboxylic acids is 4. The van der Waals surface area contributed by atoms with Gasteiger partial charge in [0.15, 0.2) is 0 Å². The molecular weight excluding hydrogens is 926 g/mol. The summed E-state index contributed by atoms with van der Waals surface area (Å²) in [7, 11) is -4.01. The average Bonchev–Trinajstić information content (AvgIpc) is 4.23. The number of rotatable bonds is 8. The first-order valence-electron chi connectivity index (χ1n) is 24.0. The molecule has 5 heterocycles. The van der Waals surface area contributed by atoms with E-state index in [4.69, 9.17) is 29.1 Å². The van der Waals surface area contributed by atoms with Gasteiger partial charge >= 0.3 is 18.2 Å². The third-order valence-electron chi connectivity index (χ3n) is 14.9. The number of aliphatic carboxylic acids is 1. The van der Waals surface area contributed by atoms with E-state index in [-0.39, 0.29) is 37.5 Å². The van der Waals surface area contributed by atoms with Crippen molar-refractivity contribution in [3.05, 3.63) is 42.5 Å². The fraction of sp³-hybridized carbons (Fsp3) is 0.667. The number of nitrogens with one attached hydrogen (secondary N) is 4. The molecule has 4 amide bonds. The van der Waals surface area contributed by atoms with Crippen LogP contribution in [0, 0.1) is 17.3 Å². The van der Waals surface area contributed by atoms with Gasteiger partial charge < -0.3 is 40.2 Å². The van der Waals surface area contributed by atoms with Crippen molar-refractivity contribution in [3.63, 3.8) is 0 Å². The largest absolute Gasteiger partial charge is 0.490 e. The Hall–Kier alpha value is -5.18. The van der Waals surface area contributed by atoms with Crippen molar-refractivity contribution in [3.8, 4) is 11.6 Å². The minimum absolute atomic E-state index is 0.0224. The van der Waals surface area contributed by atoms with Crippen LogP contribution in [0.25, 0.3) is 10.9 Å². The zero-order valence-corrected chi connectivity index (χ0v) is 40.2. The predicted molar refractivity (Wildman–Crippen MR) is 244 cm³/mol. The van der Waals surface area contributed by atoms with Gasteiger partial charge in [0.25, 0.3) is 5.91 Å². The van der Waals surface area contributed by atoms with Gasteiger partial charge in [-0.05, 0) is 101 Å². The molecule has 9 atom stereocenters. The molecule has 4 aliphatic heterocycles. The van der Waals surface area contributed by atoms with Crippen LogP contribution in [0.15, 0.2) is 36.9 Å². The van der Waals surface area contributed by atoms with Crippen LogP contribution in [0.5, 0.6) is 11.6 Å². The first-order valence-corrected chi connectivity index (χ1v) is 25.5. The number of benzene rings is 1. The molecule has 2 aromatic rings. The van der Waals surface area contributed by atoms with Crippen molar-refractivity contribution >= 4 is 50.7 Å². The third-order valence-corrected chi connectivity index (χ3v) is 17.0. The summed E-state index contributed by atoms with van der Waals surface area (Å²) in [5.41, 5.74) is -0.798. The standard InChI is InChI=1S/C46H62N6O9S.C2HF3O2/c1-6-27-24-46(27,42(55)51-62(57,58)45(5)18-19-45)50-39(53)35-23-31-25-52(35)41(54)38(44(2,3)4)49-43(56)61-36-20-26(36)12-8-7-9-14-33-37(59-30-21-28-16-17-29(22-30)47-28)32-13-10-11-15-34(32)48-40(33)60-31;3-2(4,5)1(6)7/h6,10-11,13,15,26-31,35-36,38,47H,1,7-9,12,14,16-25H2,2-5H3,(H,49,56)(H,50,53)(H,51,55);(H,6,7)/t26-,27-,28?,29?,30?,31-,35+,36-,38-,46-;/m1./s1. The number of fused-ring (bicyclic) bond motifs is 7. The van der Waals surface area contributed by atoms with Crippen LogP contribution in [0.2, 0.25) is 0 Å². The summed E-state index contributed by atoms with van der Waals surface area (Å²) in [6, 6.07) is 6.52. The first kappa shape index (κ1) is 50.2. The second-order valence-electron chi connectivity index (χ2n) is 21.2. The molecule has 2 unspecified atom stereocenters. The van der Waals surface area contributed by atoms with Crippen LogP contribution in [0.4, 0.5) is 18.0 Å². The van der Waals surface area contributed by atoms with Gasteiger partial charge in [-0.15, -0.1) is 6.58 Å². The Bertz CT molecular complexity index is 2470. The maximum atomic E-state index is 14.9. The van der Waals surface area contributed by atoms with Gasteiger partial charge in [-0.2, -0.15) is 13.2 Å². The molecule has 0 radical (unpaired) electrons. The number of nitrogens with zero attached hydrogens (tertiary/aromatic N) is 2. The molecule has 1 aromatic carbocycles. The fourth-order valence-corrected chi connectivity index (χ4v) is 11.5. The zero-order chi connectivity index (χ0) is 49.8. The number of halogens is 3. The number of carboxylic acid groups (broad SMARTS) is 1. The molecular formula is C48H63F3N6O11S. The smallest absolute Gasteiger partial charge is 0.489 e. The van der Waals surface area contributed by atoms with Crippen molar-refractivity contribution in [2.45, 2.75) is 177 Å². The lowest BCUT2D eigenvalue weighted by Gasteiger charge is -2.35. The van der Waals surface area contributed by atoms with Gasteiger partial charge in [-0.3, -0.25) is 19.1 Å². The van der Waals surface area contributed by atoms with Gasteiger partial charge in [-0.25, -0.2) is 23.0 Å². The number of carbonyl (C=O) groups is 5. The number of aromatic nitrogens is 1. The molecule has 21 heteroatoms. The Morgan fingerprint density at radius 2 is 1.68 bits per heavy atom. The SMILES string of the molecule is C=C[C@@H]1C[C@]1(NC(=O)[C@@H]1C[C@@H]2CN1C(=O)[C@H](C(C)(C)C)NC(=O)O[C@@H]1C[C@H]1CCCCCc1c(nc3ccccc3c1OC1CC3CCC(C1)N3)O2)C(=O)NS(=O)(=O)C1(C)CC1.O=C(O)C(F)(F)F. The van der Waals surface area contributed by atoms with E-state index in [0.29, 0.717) is 42.7 Å². The highest BCUT2D eigenvalue weighted by atomic mass is 32.2. The third kappa shape index (κ3) is 10.9. The van der Waals surface area contributed by atoms with E-state index in [1.807, 2.05) is 45.0 Å². The quantitative estimate of drug-likeness (QED) is 0.204. The Balaban J connectivity index is 0.000000853. The molecule has 1 aromatic heterocycles. The van der Waals surface area contributed by atoms with Crippen molar-refractivity contribution in [2.24, 2.45) is 17.3 Å². The number of amides is 4. The van der Waals surface area contributed by atoms with Crippen LogP contribution < -0.4 is 30.1 Å². The summed E-state index contributed by atoms with van der Waals surface area (Å²) < 4.78 is 79.1. The summed E-state index contributed by atoms with van der Waals surface area (Å²) in [5, 5.41) is 17.5. The number of sulfonamides is 1. The molecule has 0 spiro atoms. The molecule has 9 rings (SSSR count). The molecule has 6 fully saturated rings.